The summed E-state index contributed by atoms with van der Waals surface area (Å²) < 4.78 is 13.9. The zero-order chi connectivity index (χ0) is 14.0. The molecule has 0 aliphatic carbocycles. The first kappa shape index (κ1) is 13.6. The van der Waals surface area contributed by atoms with E-state index >= 15 is 0 Å². The van der Waals surface area contributed by atoms with Crippen LogP contribution in [0.4, 0.5) is 4.39 Å². The van der Waals surface area contributed by atoms with Gasteiger partial charge in [0.2, 0.25) is 5.91 Å². The first-order chi connectivity index (χ1) is 9.01. The fourth-order valence-electron chi connectivity index (χ4n) is 2.09. The lowest BCUT2D eigenvalue weighted by Gasteiger charge is -2.06. The molecule has 3 nitrogen and oxygen atoms in total. The maximum absolute atomic E-state index is 13.9. The van der Waals surface area contributed by atoms with Crippen molar-refractivity contribution in [2.24, 2.45) is 0 Å². The molecule has 4 heteroatoms. The lowest BCUT2D eigenvalue weighted by atomic mass is 10.0. The Morgan fingerprint density at radius 1 is 1.37 bits per heavy atom. The zero-order valence-electron chi connectivity index (χ0n) is 11.5. The molecular formula is C15H19FN2O. The van der Waals surface area contributed by atoms with Crippen molar-refractivity contribution in [1.82, 2.24) is 10.3 Å². The summed E-state index contributed by atoms with van der Waals surface area (Å²) in [6.07, 6.45) is 0.465. The molecule has 102 valence electrons. The van der Waals surface area contributed by atoms with Gasteiger partial charge < -0.3 is 10.3 Å². The summed E-state index contributed by atoms with van der Waals surface area (Å²) in [6.45, 7) is 6.19. The lowest BCUT2D eigenvalue weighted by molar-refractivity contribution is -0.120. The van der Waals surface area contributed by atoms with Gasteiger partial charge in [-0.1, -0.05) is 20.8 Å². The van der Waals surface area contributed by atoms with Gasteiger partial charge in [0, 0.05) is 23.0 Å². The highest BCUT2D eigenvalue weighted by Gasteiger charge is 2.10. The van der Waals surface area contributed by atoms with E-state index in [0.29, 0.717) is 18.5 Å². The molecule has 0 radical (unpaired) electrons. The van der Waals surface area contributed by atoms with Crippen molar-refractivity contribution >= 4 is 16.8 Å². The second kappa shape index (κ2) is 5.43. The van der Waals surface area contributed by atoms with Crippen LogP contribution >= 0.6 is 0 Å². The summed E-state index contributed by atoms with van der Waals surface area (Å²) in [6, 6.07) is 5.27. The average Bonchev–Trinajstić information content (AvgIpc) is 2.76. The van der Waals surface area contributed by atoms with Crippen LogP contribution in [0.1, 0.15) is 44.4 Å². The average molecular weight is 262 g/mol. The number of aromatic nitrogens is 1. The Morgan fingerprint density at radius 2 is 2.11 bits per heavy atom. The molecule has 0 saturated heterocycles. The molecule has 2 rings (SSSR count). The number of aromatic amines is 1. The van der Waals surface area contributed by atoms with E-state index in [0.717, 1.165) is 16.6 Å². The number of halogens is 1. The highest BCUT2D eigenvalue weighted by atomic mass is 19.1. The Kier molecular flexibility index (Phi) is 3.88. The summed E-state index contributed by atoms with van der Waals surface area (Å²) in [5.74, 6) is -0.0192. The van der Waals surface area contributed by atoms with E-state index in [-0.39, 0.29) is 17.6 Å². The third-order valence-corrected chi connectivity index (χ3v) is 3.21. The molecule has 2 N–H and O–H groups in total. The van der Waals surface area contributed by atoms with Gasteiger partial charge in [0.15, 0.2) is 0 Å². The fourth-order valence-corrected chi connectivity index (χ4v) is 2.09. The molecule has 1 amide bonds. The molecule has 1 aromatic carbocycles. The molecule has 0 aliphatic heterocycles. The van der Waals surface area contributed by atoms with Crippen LogP contribution in [0.15, 0.2) is 18.2 Å². The SMILES string of the molecule is CCC(=O)NCc1cc2cc(F)c(C(C)C)cc2[nH]1. The molecule has 19 heavy (non-hydrogen) atoms. The Morgan fingerprint density at radius 3 is 2.74 bits per heavy atom. The molecule has 0 atom stereocenters. The summed E-state index contributed by atoms with van der Waals surface area (Å²) >= 11 is 0. The molecule has 0 unspecified atom stereocenters. The predicted octanol–water partition coefficient (Wildman–Crippen LogP) is 3.46. The van der Waals surface area contributed by atoms with Crippen LogP contribution in [0.5, 0.6) is 0 Å². The standard InChI is InChI=1S/C15H19FN2O/c1-4-15(19)17-8-11-5-10-6-13(16)12(9(2)3)7-14(10)18-11/h5-7,9,18H,4,8H2,1-3H3,(H,17,19). The topological polar surface area (TPSA) is 44.9 Å². The van der Waals surface area contributed by atoms with Crippen LogP contribution in [0.25, 0.3) is 10.9 Å². The predicted molar refractivity (Wildman–Crippen MR) is 74.5 cm³/mol. The Labute approximate surface area is 112 Å². The highest BCUT2D eigenvalue weighted by Crippen LogP contribution is 2.25. The van der Waals surface area contributed by atoms with Crippen molar-refractivity contribution in [1.29, 1.82) is 0 Å². The van der Waals surface area contributed by atoms with Crippen LogP contribution in [-0.4, -0.2) is 10.9 Å². The van der Waals surface area contributed by atoms with Gasteiger partial charge in [-0.05, 0) is 29.7 Å². The van der Waals surface area contributed by atoms with Crippen molar-refractivity contribution in [2.45, 2.75) is 39.7 Å². The molecule has 1 aromatic heterocycles. The smallest absolute Gasteiger partial charge is 0.220 e. The summed E-state index contributed by atoms with van der Waals surface area (Å²) in [5.41, 5.74) is 2.50. The van der Waals surface area contributed by atoms with Gasteiger partial charge in [-0.2, -0.15) is 0 Å². The van der Waals surface area contributed by atoms with Gasteiger partial charge in [-0.3, -0.25) is 4.79 Å². The Bertz CT molecular complexity index is 601. The molecule has 1 heterocycles. The second-order valence-corrected chi connectivity index (χ2v) is 5.04. The largest absolute Gasteiger partial charge is 0.357 e. The summed E-state index contributed by atoms with van der Waals surface area (Å²) in [5, 5.41) is 3.63. The van der Waals surface area contributed by atoms with Crippen molar-refractivity contribution in [3.8, 4) is 0 Å². The van der Waals surface area contributed by atoms with Crippen molar-refractivity contribution < 1.29 is 9.18 Å². The number of rotatable bonds is 4. The van der Waals surface area contributed by atoms with Crippen molar-refractivity contribution in [2.75, 3.05) is 0 Å². The number of nitrogens with one attached hydrogen (secondary N) is 2. The first-order valence-electron chi connectivity index (χ1n) is 6.59. The quantitative estimate of drug-likeness (QED) is 0.870. The molecular weight excluding hydrogens is 243 g/mol. The van der Waals surface area contributed by atoms with Gasteiger partial charge in [0.05, 0.1) is 6.54 Å². The number of benzene rings is 1. The van der Waals surface area contributed by atoms with Gasteiger partial charge in [-0.15, -0.1) is 0 Å². The number of hydrogen-bond acceptors (Lipinski definition) is 1. The molecule has 0 fully saturated rings. The minimum Gasteiger partial charge on any atom is -0.357 e. The maximum Gasteiger partial charge on any atom is 0.220 e. The van der Waals surface area contributed by atoms with E-state index in [9.17, 15) is 9.18 Å². The number of carbonyl (C=O) groups excluding carboxylic acids is 1. The van der Waals surface area contributed by atoms with Gasteiger partial charge in [-0.25, -0.2) is 4.39 Å². The summed E-state index contributed by atoms with van der Waals surface area (Å²) in [4.78, 5) is 14.4. The monoisotopic (exact) mass is 262 g/mol. The van der Waals surface area contributed by atoms with Crippen LogP contribution in [0.3, 0.4) is 0 Å². The van der Waals surface area contributed by atoms with Crippen LogP contribution in [-0.2, 0) is 11.3 Å². The van der Waals surface area contributed by atoms with Gasteiger partial charge in [0.1, 0.15) is 5.82 Å². The number of hydrogen-bond donors (Lipinski definition) is 2. The summed E-state index contributed by atoms with van der Waals surface area (Å²) in [7, 11) is 0. The zero-order valence-corrected chi connectivity index (χ0v) is 11.5. The van der Waals surface area contributed by atoms with Crippen LogP contribution in [0.2, 0.25) is 0 Å². The highest BCUT2D eigenvalue weighted by molar-refractivity contribution is 5.82. The first-order valence-corrected chi connectivity index (χ1v) is 6.59. The van der Waals surface area contributed by atoms with Crippen molar-refractivity contribution in [3.63, 3.8) is 0 Å². The number of amides is 1. The second-order valence-electron chi connectivity index (χ2n) is 5.04. The molecule has 0 saturated carbocycles. The van der Waals surface area contributed by atoms with E-state index in [1.165, 1.54) is 0 Å². The minimum absolute atomic E-state index is 0.00714. The van der Waals surface area contributed by atoms with Crippen molar-refractivity contribution in [3.05, 3.63) is 35.3 Å². The Hall–Kier alpha value is -1.84. The van der Waals surface area contributed by atoms with E-state index < -0.39 is 0 Å². The number of H-pyrrole nitrogens is 1. The van der Waals surface area contributed by atoms with Gasteiger partial charge in [0.25, 0.3) is 0 Å². The lowest BCUT2D eigenvalue weighted by Crippen LogP contribution is -2.21. The number of fused-ring (bicyclic) bond motifs is 1. The normalized spacial score (nSPS) is 11.2. The van der Waals surface area contributed by atoms with Gasteiger partial charge >= 0.3 is 0 Å². The fraction of sp³-hybridized carbons (Fsp3) is 0.400. The molecule has 0 spiro atoms. The van der Waals surface area contributed by atoms with E-state index in [4.69, 9.17) is 0 Å². The van der Waals surface area contributed by atoms with E-state index in [1.807, 2.05) is 32.9 Å². The van der Waals surface area contributed by atoms with Crippen LogP contribution in [0, 0.1) is 5.82 Å². The third kappa shape index (κ3) is 2.95. The maximum atomic E-state index is 13.9. The minimum atomic E-state index is -0.175. The van der Waals surface area contributed by atoms with Crippen LogP contribution < -0.4 is 5.32 Å². The molecule has 2 aromatic rings. The van der Waals surface area contributed by atoms with E-state index in [2.05, 4.69) is 10.3 Å². The molecule has 0 bridgehead atoms. The molecule has 0 aliphatic rings. The Balaban J connectivity index is 2.27. The third-order valence-electron chi connectivity index (χ3n) is 3.21. The number of carbonyl (C=O) groups is 1. The van der Waals surface area contributed by atoms with E-state index in [1.54, 1.807) is 6.07 Å².